The average molecular weight is 394 g/mol. The molecular weight excluding hydrogens is 373 g/mol. The molecule has 1 amide bonds. The molecule has 0 spiro atoms. The molecule has 1 aromatic heterocycles. The molecule has 2 unspecified atom stereocenters. The van der Waals surface area contributed by atoms with Crippen LogP contribution in [-0.2, 0) is 0 Å². The highest BCUT2D eigenvalue weighted by Crippen LogP contribution is 2.36. The number of carbonyl (C=O) groups excluding carboxylic acids is 1. The van der Waals surface area contributed by atoms with Crippen LogP contribution in [-0.4, -0.2) is 28.5 Å². The third-order valence-electron chi connectivity index (χ3n) is 4.75. The molecule has 6 nitrogen and oxygen atoms in total. The molecule has 0 aliphatic heterocycles. The molecule has 1 aromatic carbocycles. The number of nitrogens with two attached hydrogens (primary N) is 2. The molecule has 1 aliphatic carbocycles. The van der Waals surface area contributed by atoms with E-state index in [1.165, 1.54) is 0 Å². The smallest absolute Gasteiger partial charge is 0.268 e. The van der Waals surface area contributed by atoms with Gasteiger partial charge in [-0.2, -0.15) is 0 Å². The number of primary amides is 1. The Bertz CT molecular complexity index is 843. The summed E-state index contributed by atoms with van der Waals surface area (Å²) in [5.74, 6) is 0.255. The van der Waals surface area contributed by atoms with E-state index in [1.54, 1.807) is 25.1 Å². The summed E-state index contributed by atoms with van der Waals surface area (Å²) < 4.78 is 0. The van der Waals surface area contributed by atoms with Gasteiger partial charge in [-0.05, 0) is 44.7 Å². The monoisotopic (exact) mass is 393 g/mol. The molecule has 2 atom stereocenters. The highest BCUT2D eigenvalue weighted by molar-refractivity contribution is 6.43. The lowest BCUT2D eigenvalue weighted by Gasteiger charge is -2.17. The fourth-order valence-electron chi connectivity index (χ4n) is 3.44. The number of nitrogens with one attached hydrogen (secondary N) is 1. The van der Waals surface area contributed by atoms with Gasteiger partial charge in [0.25, 0.3) is 5.91 Å². The Hall–Kier alpha value is -1.89. The number of rotatable bonds is 5. The molecule has 0 bridgehead atoms. The lowest BCUT2D eigenvalue weighted by Crippen LogP contribution is -2.22. The Balaban J connectivity index is 1.99. The first-order valence-electron chi connectivity index (χ1n) is 8.50. The Morgan fingerprint density at radius 2 is 2.08 bits per heavy atom. The molecule has 0 radical (unpaired) electrons. The highest BCUT2D eigenvalue weighted by Gasteiger charge is 2.26. The van der Waals surface area contributed by atoms with Crippen molar-refractivity contribution < 1.29 is 4.79 Å². The van der Waals surface area contributed by atoms with Gasteiger partial charge in [0.2, 0.25) is 5.95 Å². The number of nitrogens with zero attached hydrogens (tertiary/aromatic N) is 2. The molecule has 3 rings (SSSR count). The van der Waals surface area contributed by atoms with Gasteiger partial charge >= 0.3 is 0 Å². The molecule has 2 aromatic rings. The summed E-state index contributed by atoms with van der Waals surface area (Å²) in [6.07, 6.45) is 3.04. The summed E-state index contributed by atoms with van der Waals surface area (Å²) in [6, 6.07) is 5.44. The van der Waals surface area contributed by atoms with Crippen LogP contribution < -0.4 is 16.8 Å². The number of aromatic nitrogens is 2. The number of benzene rings is 1. The standard InChI is InChI=1S/C18H21Cl2N5O/c1-9-14(12-3-2-4-13(19)15(12)20)16(17(22)26)25-18(23-9)24-11-6-5-10(7-11)8-21/h2-4,10-11H,5-8,21H2,1H3,(H2,22,26)(H,23,24,25). The lowest BCUT2D eigenvalue weighted by molar-refractivity contribution is 0.0996. The van der Waals surface area contributed by atoms with Crippen molar-refractivity contribution in [3.05, 3.63) is 39.6 Å². The number of anilines is 1. The first-order chi connectivity index (χ1) is 12.4. The molecule has 1 heterocycles. The van der Waals surface area contributed by atoms with E-state index in [0.717, 1.165) is 19.3 Å². The second kappa shape index (κ2) is 7.78. The van der Waals surface area contributed by atoms with Crippen LogP contribution in [0.25, 0.3) is 11.1 Å². The maximum atomic E-state index is 12.0. The number of carbonyl (C=O) groups is 1. The third-order valence-corrected chi connectivity index (χ3v) is 5.57. The molecule has 1 saturated carbocycles. The fraction of sp³-hybridized carbons (Fsp3) is 0.389. The van der Waals surface area contributed by atoms with Crippen LogP contribution in [0, 0.1) is 12.8 Å². The van der Waals surface area contributed by atoms with Crippen molar-refractivity contribution in [3.8, 4) is 11.1 Å². The lowest BCUT2D eigenvalue weighted by atomic mass is 10.0. The van der Waals surface area contributed by atoms with Gasteiger partial charge in [-0.1, -0.05) is 35.3 Å². The van der Waals surface area contributed by atoms with Gasteiger partial charge in [-0.15, -0.1) is 0 Å². The van der Waals surface area contributed by atoms with Crippen LogP contribution in [0.1, 0.15) is 35.4 Å². The molecular formula is C18H21Cl2N5O. The quantitative estimate of drug-likeness (QED) is 0.721. The van der Waals surface area contributed by atoms with Crippen molar-refractivity contribution in [1.29, 1.82) is 0 Å². The minimum absolute atomic E-state index is 0.123. The Morgan fingerprint density at radius 3 is 2.73 bits per heavy atom. The van der Waals surface area contributed by atoms with Crippen molar-refractivity contribution in [1.82, 2.24) is 9.97 Å². The number of hydrogen-bond acceptors (Lipinski definition) is 5. The first-order valence-corrected chi connectivity index (χ1v) is 9.25. The first kappa shape index (κ1) is 18.9. The molecule has 1 aliphatic rings. The number of hydrogen-bond donors (Lipinski definition) is 3. The topological polar surface area (TPSA) is 107 Å². The molecule has 5 N–H and O–H groups in total. The van der Waals surface area contributed by atoms with Crippen LogP contribution in [0.4, 0.5) is 5.95 Å². The zero-order valence-electron chi connectivity index (χ0n) is 14.4. The number of halogens is 2. The van der Waals surface area contributed by atoms with E-state index in [-0.39, 0.29) is 11.7 Å². The van der Waals surface area contributed by atoms with Crippen LogP contribution in [0.5, 0.6) is 0 Å². The molecule has 8 heteroatoms. The number of amides is 1. The maximum Gasteiger partial charge on any atom is 0.268 e. The van der Waals surface area contributed by atoms with Crippen LogP contribution in [0.2, 0.25) is 10.0 Å². The predicted molar refractivity (Wildman–Crippen MR) is 105 cm³/mol. The fourth-order valence-corrected chi connectivity index (χ4v) is 3.83. The van der Waals surface area contributed by atoms with Gasteiger partial charge in [0, 0.05) is 17.2 Å². The van der Waals surface area contributed by atoms with E-state index in [4.69, 9.17) is 34.7 Å². The van der Waals surface area contributed by atoms with Gasteiger partial charge in [0.1, 0.15) is 5.69 Å². The zero-order valence-corrected chi connectivity index (χ0v) is 15.9. The molecule has 0 saturated heterocycles. The van der Waals surface area contributed by atoms with Crippen LogP contribution in [0.3, 0.4) is 0 Å². The van der Waals surface area contributed by atoms with E-state index in [9.17, 15) is 4.79 Å². The second-order valence-electron chi connectivity index (χ2n) is 6.58. The summed E-state index contributed by atoms with van der Waals surface area (Å²) in [4.78, 5) is 20.9. The summed E-state index contributed by atoms with van der Waals surface area (Å²) in [5, 5.41) is 4.03. The van der Waals surface area contributed by atoms with Crippen LogP contribution >= 0.6 is 23.2 Å². The maximum absolute atomic E-state index is 12.0. The SMILES string of the molecule is Cc1nc(NC2CCC(CN)C2)nc(C(N)=O)c1-c1cccc(Cl)c1Cl. The van der Waals surface area contributed by atoms with Crippen molar-refractivity contribution >= 4 is 35.1 Å². The van der Waals surface area contributed by atoms with Crippen LogP contribution in [0.15, 0.2) is 18.2 Å². The van der Waals surface area contributed by atoms with Gasteiger partial charge in [0.05, 0.1) is 15.7 Å². The Morgan fingerprint density at radius 1 is 1.31 bits per heavy atom. The van der Waals surface area contributed by atoms with Crippen molar-refractivity contribution in [2.45, 2.75) is 32.2 Å². The third kappa shape index (κ3) is 3.77. The molecule has 138 valence electrons. The minimum Gasteiger partial charge on any atom is -0.364 e. The Labute approximate surface area is 162 Å². The summed E-state index contributed by atoms with van der Waals surface area (Å²) in [7, 11) is 0. The van der Waals surface area contributed by atoms with Gasteiger partial charge in [-0.3, -0.25) is 4.79 Å². The largest absolute Gasteiger partial charge is 0.364 e. The second-order valence-corrected chi connectivity index (χ2v) is 7.36. The highest BCUT2D eigenvalue weighted by atomic mass is 35.5. The van der Waals surface area contributed by atoms with Gasteiger partial charge in [-0.25, -0.2) is 9.97 Å². The predicted octanol–water partition coefficient (Wildman–Crippen LogP) is 3.40. The Kier molecular flexibility index (Phi) is 5.65. The summed E-state index contributed by atoms with van der Waals surface area (Å²) in [6.45, 7) is 2.47. The van der Waals surface area contributed by atoms with Crippen molar-refractivity contribution in [3.63, 3.8) is 0 Å². The zero-order chi connectivity index (χ0) is 18.8. The van der Waals surface area contributed by atoms with Gasteiger partial charge < -0.3 is 16.8 Å². The summed E-state index contributed by atoms with van der Waals surface area (Å²) >= 11 is 12.4. The normalized spacial score (nSPS) is 19.5. The van der Waals surface area contributed by atoms with Gasteiger partial charge in [0.15, 0.2) is 0 Å². The number of aryl methyl sites for hydroxylation is 1. The molecule has 1 fully saturated rings. The van der Waals surface area contributed by atoms with Crippen molar-refractivity contribution in [2.75, 3.05) is 11.9 Å². The van der Waals surface area contributed by atoms with E-state index in [0.29, 0.717) is 45.3 Å². The summed E-state index contributed by atoms with van der Waals surface area (Å²) in [5.41, 5.74) is 13.1. The van der Waals surface area contributed by atoms with E-state index >= 15 is 0 Å². The molecule has 26 heavy (non-hydrogen) atoms. The minimum atomic E-state index is -0.643. The average Bonchev–Trinajstić information content (AvgIpc) is 3.05. The van der Waals surface area contributed by atoms with E-state index < -0.39 is 5.91 Å². The van der Waals surface area contributed by atoms with Crippen molar-refractivity contribution in [2.24, 2.45) is 17.4 Å². The van der Waals surface area contributed by atoms with E-state index in [1.807, 2.05) is 0 Å². The van der Waals surface area contributed by atoms with E-state index in [2.05, 4.69) is 15.3 Å².